The number of thioether (sulfide) groups is 1. The first-order valence-corrected chi connectivity index (χ1v) is 14.1. The second-order valence-electron chi connectivity index (χ2n) is 9.44. The number of benzene rings is 1. The van der Waals surface area contributed by atoms with E-state index in [0.717, 1.165) is 60.4 Å². The van der Waals surface area contributed by atoms with Crippen LogP contribution < -0.4 is 32.2 Å². The van der Waals surface area contributed by atoms with Gasteiger partial charge in [-0.25, -0.2) is 9.78 Å². The Bertz CT molecular complexity index is 1080. The number of amides is 3. The number of aryl methyl sites for hydroxylation is 1. The number of aromatic nitrogens is 2. The number of nitrogens with zero attached hydrogens (tertiary/aromatic N) is 2. The second kappa shape index (κ2) is 12.8. The quantitative estimate of drug-likeness (QED) is 0.197. The summed E-state index contributed by atoms with van der Waals surface area (Å²) in [5, 5.41) is 9.42. The predicted molar refractivity (Wildman–Crippen MR) is 147 cm³/mol. The van der Waals surface area contributed by atoms with Crippen molar-refractivity contribution in [3.05, 3.63) is 30.0 Å². The van der Waals surface area contributed by atoms with E-state index in [1.807, 2.05) is 43.0 Å². The molecule has 0 unspecified atom stereocenters. The number of nitrogens with two attached hydrogens (primary N) is 2. The molecule has 4 rings (SSSR count). The monoisotopic (exact) mass is 527 g/mol. The first-order chi connectivity index (χ1) is 17.9. The maximum atomic E-state index is 12.1. The summed E-state index contributed by atoms with van der Waals surface area (Å²) < 4.78 is 5.85. The Labute approximate surface area is 222 Å². The Morgan fingerprint density at radius 1 is 1.14 bits per heavy atom. The van der Waals surface area contributed by atoms with Crippen molar-refractivity contribution in [2.45, 2.75) is 69.2 Å². The molecule has 0 saturated carbocycles. The first-order valence-electron chi connectivity index (χ1n) is 13.0. The molecule has 2 saturated heterocycles. The second-order valence-corrected chi connectivity index (χ2v) is 10.7. The fourth-order valence-electron chi connectivity index (χ4n) is 4.84. The van der Waals surface area contributed by atoms with E-state index in [1.54, 1.807) is 0 Å². The number of carbonyl (C=O) groups excluding carboxylic acids is 2. The van der Waals surface area contributed by atoms with Crippen molar-refractivity contribution in [3.8, 4) is 16.9 Å². The summed E-state index contributed by atoms with van der Waals surface area (Å²) in [5.41, 5.74) is 14.4. The molecule has 37 heavy (non-hydrogen) atoms. The van der Waals surface area contributed by atoms with E-state index in [1.165, 1.54) is 0 Å². The fourth-order valence-corrected chi connectivity index (χ4v) is 6.39. The molecule has 2 fully saturated rings. The average molecular weight is 528 g/mol. The topological polar surface area (TPSA) is 157 Å². The molecule has 0 radical (unpaired) electrons. The van der Waals surface area contributed by atoms with Crippen LogP contribution in [0.1, 0.15) is 51.1 Å². The number of ether oxygens (including phenoxy) is 1. The van der Waals surface area contributed by atoms with Gasteiger partial charge in [-0.15, -0.1) is 0 Å². The number of rotatable bonds is 13. The lowest BCUT2D eigenvalue weighted by molar-refractivity contribution is -0.121. The number of fused-ring (bicyclic) bond motifs is 1. The minimum absolute atomic E-state index is 0.0518. The zero-order valence-electron chi connectivity index (χ0n) is 21.3. The molecule has 2 aliphatic heterocycles. The Kier molecular flexibility index (Phi) is 9.32. The molecule has 2 aromatic rings. The van der Waals surface area contributed by atoms with E-state index in [9.17, 15) is 9.59 Å². The molecular weight excluding hydrogens is 490 g/mol. The maximum absolute atomic E-state index is 12.1. The van der Waals surface area contributed by atoms with Gasteiger partial charge in [0, 0.05) is 29.5 Å². The zero-order valence-corrected chi connectivity index (χ0v) is 22.1. The van der Waals surface area contributed by atoms with Crippen LogP contribution in [0.4, 0.5) is 16.6 Å². The predicted octanol–water partition coefficient (Wildman–Crippen LogP) is 2.87. The summed E-state index contributed by atoms with van der Waals surface area (Å²) in [6, 6.07) is 8.16. The third-order valence-corrected chi connectivity index (χ3v) is 8.26. The summed E-state index contributed by atoms with van der Waals surface area (Å²) in [5.74, 6) is 2.41. The number of urea groups is 1. The number of nitrogen functional groups attached to an aromatic ring is 2. The Hall–Kier alpha value is -3.21. The van der Waals surface area contributed by atoms with Crippen LogP contribution in [0.2, 0.25) is 0 Å². The van der Waals surface area contributed by atoms with Gasteiger partial charge in [-0.3, -0.25) is 4.79 Å². The molecule has 11 heteroatoms. The number of hydrogen-bond donors (Lipinski definition) is 5. The molecule has 1 aromatic carbocycles. The van der Waals surface area contributed by atoms with Gasteiger partial charge in [0.1, 0.15) is 11.6 Å². The van der Waals surface area contributed by atoms with Crippen molar-refractivity contribution in [2.24, 2.45) is 0 Å². The van der Waals surface area contributed by atoms with Crippen molar-refractivity contribution in [1.29, 1.82) is 0 Å². The van der Waals surface area contributed by atoms with Crippen LogP contribution in [0.5, 0.6) is 5.75 Å². The van der Waals surface area contributed by atoms with E-state index in [2.05, 4.69) is 25.9 Å². The van der Waals surface area contributed by atoms with E-state index < -0.39 is 0 Å². The van der Waals surface area contributed by atoms with Gasteiger partial charge in [0.2, 0.25) is 11.9 Å². The minimum atomic E-state index is -0.0518. The highest BCUT2D eigenvalue weighted by molar-refractivity contribution is 8.00. The van der Waals surface area contributed by atoms with Gasteiger partial charge in [0.25, 0.3) is 0 Å². The van der Waals surface area contributed by atoms with E-state index in [4.69, 9.17) is 16.2 Å². The lowest BCUT2D eigenvalue weighted by atomic mass is 10.0. The van der Waals surface area contributed by atoms with E-state index >= 15 is 0 Å². The summed E-state index contributed by atoms with van der Waals surface area (Å²) in [7, 11) is 0. The van der Waals surface area contributed by atoms with Gasteiger partial charge in [-0.1, -0.05) is 25.5 Å². The molecule has 2 aliphatic rings. The third kappa shape index (κ3) is 7.18. The zero-order chi connectivity index (χ0) is 26.2. The SMILES string of the molecule is CCc1nc(N)nc(N)c1-c1ccc(OCCCCNC(=O)CCCC[C@@H]2SC[C@H]3NC(=O)N[C@H]23)cc1. The summed E-state index contributed by atoms with van der Waals surface area (Å²) in [6.45, 7) is 3.23. The van der Waals surface area contributed by atoms with Crippen LogP contribution in [0.3, 0.4) is 0 Å². The first kappa shape index (κ1) is 26.8. The van der Waals surface area contributed by atoms with Gasteiger partial charge in [-0.2, -0.15) is 16.7 Å². The number of carbonyl (C=O) groups is 2. The Morgan fingerprint density at radius 3 is 2.73 bits per heavy atom. The molecule has 3 heterocycles. The molecule has 0 bridgehead atoms. The molecule has 0 spiro atoms. The summed E-state index contributed by atoms with van der Waals surface area (Å²) in [4.78, 5) is 32.0. The molecule has 0 aliphatic carbocycles. The molecule has 10 nitrogen and oxygen atoms in total. The molecule has 1 aromatic heterocycles. The highest BCUT2D eigenvalue weighted by Gasteiger charge is 2.42. The van der Waals surface area contributed by atoms with Gasteiger partial charge in [0.05, 0.1) is 24.4 Å². The van der Waals surface area contributed by atoms with Crippen LogP contribution in [0.15, 0.2) is 24.3 Å². The Morgan fingerprint density at radius 2 is 1.95 bits per heavy atom. The highest BCUT2D eigenvalue weighted by atomic mass is 32.2. The van der Waals surface area contributed by atoms with Crippen LogP contribution in [-0.4, -0.2) is 58.1 Å². The van der Waals surface area contributed by atoms with Crippen LogP contribution in [0.25, 0.3) is 11.1 Å². The van der Waals surface area contributed by atoms with E-state index in [-0.39, 0.29) is 30.0 Å². The van der Waals surface area contributed by atoms with Gasteiger partial charge in [0.15, 0.2) is 0 Å². The highest BCUT2D eigenvalue weighted by Crippen LogP contribution is 2.33. The Balaban J connectivity index is 1.07. The van der Waals surface area contributed by atoms with Crippen LogP contribution in [0, 0.1) is 0 Å². The van der Waals surface area contributed by atoms with Gasteiger partial charge >= 0.3 is 6.03 Å². The molecule has 3 amide bonds. The number of nitrogens with one attached hydrogen (secondary N) is 3. The van der Waals surface area contributed by atoms with E-state index in [0.29, 0.717) is 37.1 Å². The fraction of sp³-hybridized carbons (Fsp3) is 0.538. The molecule has 200 valence electrons. The van der Waals surface area contributed by atoms with Crippen LogP contribution >= 0.6 is 11.8 Å². The molecule has 3 atom stereocenters. The van der Waals surface area contributed by atoms with Gasteiger partial charge in [-0.05, 0) is 49.8 Å². The van der Waals surface area contributed by atoms with Crippen molar-refractivity contribution in [2.75, 3.05) is 30.4 Å². The maximum Gasteiger partial charge on any atom is 0.315 e. The van der Waals surface area contributed by atoms with Gasteiger partial charge < -0.3 is 32.2 Å². The van der Waals surface area contributed by atoms with Crippen molar-refractivity contribution >= 4 is 35.5 Å². The number of unbranched alkanes of at least 4 members (excludes halogenated alkanes) is 2. The normalized spacial score (nSPS) is 20.2. The van der Waals surface area contributed by atoms with Crippen LogP contribution in [-0.2, 0) is 11.2 Å². The molecular formula is C26H37N7O3S. The van der Waals surface area contributed by atoms with Crippen molar-refractivity contribution < 1.29 is 14.3 Å². The lowest BCUT2D eigenvalue weighted by Crippen LogP contribution is -2.36. The largest absolute Gasteiger partial charge is 0.494 e. The number of anilines is 2. The lowest BCUT2D eigenvalue weighted by Gasteiger charge is -2.16. The average Bonchev–Trinajstić information content (AvgIpc) is 3.43. The smallest absolute Gasteiger partial charge is 0.315 e. The standard InChI is InChI=1S/C26H37N7O3S/c1-2-18-22(24(27)33-25(28)30-18)16-9-11-17(12-10-16)36-14-6-5-13-29-21(34)8-4-3-7-20-23-19(15-37-20)31-26(35)32-23/h9-12,19-20,23H,2-8,13-15H2,1H3,(H,29,34)(H2,31,32,35)(H4,27,28,30,33)/t19-,20+,23+/m1/s1. The third-order valence-electron chi connectivity index (χ3n) is 6.75. The molecule has 7 N–H and O–H groups in total. The van der Waals surface area contributed by atoms with Crippen molar-refractivity contribution in [3.63, 3.8) is 0 Å². The van der Waals surface area contributed by atoms with Crippen molar-refractivity contribution in [1.82, 2.24) is 25.9 Å². The minimum Gasteiger partial charge on any atom is -0.494 e. The summed E-state index contributed by atoms with van der Waals surface area (Å²) in [6.07, 6.45) is 5.85. The number of hydrogen-bond acceptors (Lipinski definition) is 8. The summed E-state index contributed by atoms with van der Waals surface area (Å²) >= 11 is 1.91.